The zero-order valence-corrected chi connectivity index (χ0v) is 12.5. The molecule has 0 saturated heterocycles. The molecule has 1 aromatic heterocycles. The lowest BCUT2D eigenvalue weighted by Crippen LogP contribution is -2.42. The van der Waals surface area contributed by atoms with E-state index in [2.05, 4.69) is 21.0 Å². The van der Waals surface area contributed by atoms with Crippen LogP contribution in [0.4, 0.5) is 17.6 Å². The molecule has 0 spiro atoms. The summed E-state index contributed by atoms with van der Waals surface area (Å²) in [5.41, 5.74) is -2.15. The molecule has 1 aliphatic carbocycles. The molecule has 1 saturated carbocycles. The van der Waals surface area contributed by atoms with E-state index in [0.29, 0.717) is 0 Å². The average Bonchev–Trinajstić information content (AvgIpc) is 2.61. The van der Waals surface area contributed by atoms with Gasteiger partial charge in [-0.25, -0.2) is 0 Å². The second-order valence-corrected chi connectivity index (χ2v) is 6.56. The molecule has 2 aromatic rings. The Hall–Kier alpha value is -1.15. The first kappa shape index (κ1) is 14.8. The lowest BCUT2D eigenvalue weighted by Gasteiger charge is -2.41. The molecule has 0 bridgehead atoms. The monoisotopic (exact) mass is 366 g/mol. The van der Waals surface area contributed by atoms with E-state index >= 15 is 0 Å². The zero-order chi connectivity index (χ0) is 15.6. The Balaban J connectivity index is 2.23. The lowest BCUT2D eigenvalue weighted by atomic mass is 9.77. The van der Waals surface area contributed by atoms with Crippen LogP contribution < -0.4 is 0 Å². The van der Waals surface area contributed by atoms with Crippen molar-refractivity contribution in [2.24, 2.45) is 0 Å². The summed E-state index contributed by atoms with van der Waals surface area (Å²) in [4.78, 5) is 0. The number of aromatic nitrogens is 2. The normalized spacial score (nSPS) is 26.1. The van der Waals surface area contributed by atoms with Gasteiger partial charge in [-0.3, -0.25) is 4.68 Å². The zero-order valence-electron chi connectivity index (χ0n) is 10.9. The molecule has 3 rings (SSSR count). The third-order valence-electron chi connectivity index (χ3n) is 3.72. The van der Waals surface area contributed by atoms with Crippen molar-refractivity contribution in [2.75, 3.05) is 0 Å². The van der Waals surface area contributed by atoms with Crippen LogP contribution in [0.15, 0.2) is 16.6 Å². The van der Waals surface area contributed by atoms with E-state index in [1.165, 1.54) is 6.07 Å². The van der Waals surface area contributed by atoms with Crippen LogP contribution in [-0.2, 0) is 6.18 Å². The molecule has 0 aliphatic heterocycles. The van der Waals surface area contributed by atoms with Crippen molar-refractivity contribution >= 4 is 26.8 Å². The van der Waals surface area contributed by atoms with Crippen LogP contribution in [0.2, 0.25) is 0 Å². The van der Waals surface area contributed by atoms with Gasteiger partial charge in [-0.2, -0.15) is 17.6 Å². The number of alkyl halides is 3. The van der Waals surface area contributed by atoms with Gasteiger partial charge in [-0.05, 0) is 31.9 Å². The summed E-state index contributed by atoms with van der Waals surface area (Å²) in [5.74, 6) is -0.941. The molecule has 0 atom stereocenters. The van der Waals surface area contributed by atoms with Crippen LogP contribution >= 0.6 is 15.9 Å². The minimum atomic E-state index is -4.61. The van der Waals surface area contributed by atoms with E-state index in [1.807, 2.05) is 0 Å². The van der Waals surface area contributed by atoms with E-state index in [9.17, 15) is 22.7 Å². The van der Waals surface area contributed by atoms with Crippen LogP contribution in [0.1, 0.15) is 31.4 Å². The summed E-state index contributed by atoms with van der Waals surface area (Å²) in [5, 5.41) is 13.2. The molecular weight excluding hydrogens is 356 g/mol. The number of fused-ring (bicyclic) bond motifs is 1. The van der Waals surface area contributed by atoms with E-state index in [1.54, 1.807) is 6.92 Å². The molecule has 1 aromatic carbocycles. The number of nitrogens with zero attached hydrogens (tertiary/aromatic N) is 2. The van der Waals surface area contributed by atoms with Crippen LogP contribution in [0.5, 0.6) is 0 Å². The quantitative estimate of drug-likeness (QED) is 0.773. The van der Waals surface area contributed by atoms with Gasteiger partial charge in [0.2, 0.25) is 5.95 Å². The van der Waals surface area contributed by atoms with Crippen molar-refractivity contribution in [3.05, 3.63) is 28.1 Å². The summed E-state index contributed by atoms with van der Waals surface area (Å²) in [7, 11) is 0. The molecule has 3 nitrogen and oxygen atoms in total. The molecule has 1 fully saturated rings. The molecular formula is C13H11BrF4N2O. The molecule has 21 heavy (non-hydrogen) atoms. The van der Waals surface area contributed by atoms with Gasteiger partial charge >= 0.3 is 6.18 Å². The molecule has 1 heterocycles. The largest absolute Gasteiger partial charge is 0.418 e. The van der Waals surface area contributed by atoms with E-state index in [-0.39, 0.29) is 28.2 Å². The summed E-state index contributed by atoms with van der Waals surface area (Å²) >= 11 is 2.96. The summed E-state index contributed by atoms with van der Waals surface area (Å²) in [6.07, 6.45) is -4.12. The van der Waals surface area contributed by atoms with Crippen LogP contribution in [0, 0.1) is 5.95 Å². The van der Waals surface area contributed by atoms with Crippen molar-refractivity contribution in [1.29, 1.82) is 0 Å². The molecule has 0 unspecified atom stereocenters. The predicted molar refractivity (Wildman–Crippen MR) is 71.3 cm³/mol. The van der Waals surface area contributed by atoms with Gasteiger partial charge in [0.05, 0.1) is 28.1 Å². The van der Waals surface area contributed by atoms with Crippen molar-refractivity contribution in [2.45, 2.75) is 37.6 Å². The van der Waals surface area contributed by atoms with Gasteiger partial charge in [0.15, 0.2) is 0 Å². The standard InChI is InChI=1S/C13H11BrF4N2O/c1-12(21)4-7(5-12)20-10-8(11(15)19-20)2-6(14)3-9(10)13(16,17)18/h2-3,7,21H,4-5H2,1H3. The number of halogens is 5. The van der Waals surface area contributed by atoms with E-state index in [0.717, 1.165) is 10.7 Å². The van der Waals surface area contributed by atoms with Gasteiger partial charge in [-0.15, -0.1) is 5.10 Å². The third-order valence-corrected chi connectivity index (χ3v) is 4.18. The first-order valence-electron chi connectivity index (χ1n) is 6.25. The first-order chi connectivity index (χ1) is 9.58. The topological polar surface area (TPSA) is 38.0 Å². The summed E-state index contributed by atoms with van der Waals surface area (Å²) < 4.78 is 54.7. The average molecular weight is 367 g/mol. The Morgan fingerprint density at radius 2 is 2.00 bits per heavy atom. The summed E-state index contributed by atoms with van der Waals surface area (Å²) in [6.45, 7) is 1.59. The Kier molecular flexibility index (Phi) is 3.11. The van der Waals surface area contributed by atoms with Gasteiger partial charge in [-0.1, -0.05) is 15.9 Å². The maximum Gasteiger partial charge on any atom is 0.418 e. The maximum atomic E-state index is 13.9. The third kappa shape index (κ3) is 2.44. The SMILES string of the molecule is CC1(O)CC(n2nc(F)c3cc(Br)cc(C(F)(F)F)c32)C1. The van der Waals surface area contributed by atoms with Crippen LogP contribution in [0.3, 0.4) is 0 Å². The minimum Gasteiger partial charge on any atom is -0.390 e. The highest BCUT2D eigenvalue weighted by Gasteiger charge is 2.43. The van der Waals surface area contributed by atoms with Crippen molar-refractivity contribution in [3.63, 3.8) is 0 Å². The van der Waals surface area contributed by atoms with Gasteiger partial charge in [0.25, 0.3) is 0 Å². The number of rotatable bonds is 1. The lowest BCUT2D eigenvalue weighted by molar-refractivity contribution is -0.136. The smallest absolute Gasteiger partial charge is 0.390 e. The highest BCUT2D eigenvalue weighted by atomic mass is 79.9. The fraction of sp³-hybridized carbons (Fsp3) is 0.462. The predicted octanol–water partition coefficient (Wildman–Crippen LogP) is 4.04. The maximum absolute atomic E-state index is 13.9. The highest BCUT2D eigenvalue weighted by Crippen LogP contribution is 2.45. The van der Waals surface area contributed by atoms with Crippen LogP contribution in [-0.4, -0.2) is 20.5 Å². The highest BCUT2D eigenvalue weighted by molar-refractivity contribution is 9.10. The molecule has 114 valence electrons. The first-order valence-corrected chi connectivity index (χ1v) is 7.05. The Morgan fingerprint density at radius 1 is 1.38 bits per heavy atom. The van der Waals surface area contributed by atoms with Gasteiger partial charge in [0.1, 0.15) is 0 Å². The molecule has 1 aliphatic rings. The fourth-order valence-electron chi connectivity index (χ4n) is 2.81. The minimum absolute atomic E-state index is 0.140. The number of hydrogen-bond donors (Lipinski definition) is 1. The molecule has 0 amide bonds. The Bertz CT molecular complexity index is 715. The van der Waals surface area contributed by atoms with Gasteiger partial charge < -0.3 is 5.11 Å². The van der Waals surface area contributed by atoms with Crippen molar-refractivity contribution < 1.29 is 22.7 Å². The summed E-state index contributed by atoms with van der Waals surface area (Å²) in [6, 6.07) is 1.76. The number of hydrogen-bond acceptors (Lipinski definition) is 2. The Labute approximate surface area is 125 Å². The second kappa shape index (κ2) is 4.42. The van der Waals surface area contributed by atoms with E-state index < -0.39 is 29.3 Å². The number of benzene rings is 1. The van der Waals surface area contributed by atoms with Crippen molar-refractivity contribution in [3.8, 4) is 0 Å². The van der Waals surface area contributed by atoms with Gasteiger partial charge in [0, 0.05) is 4.47 Å². The molecule has 0 radical (unpaired) electrons. The Morgan fingerprint density at radius 3 is 2.52 bits per heavy atom. The fourth-order valence-corrected chi connectivity index (χ4v) is 3.27. The molecule has 8 heteroatoms. The van der Waals surface area contributed by atoms with Crippen molar-refractivity contribution in [1.82, 2.24) is 9.78 Å². The molecule has 1 N–H and O–H groups in total. The van der Waals surface area contributed by atoms with E-state index in [4.69, 9.17) is 0 Å². The number of aliphatic hydroxyl groups is 1. The van der Waals surface area contributed by atoms with Crippen LogP contribution in [0.25, 0.3) is 10.9 Å². The second-order valence-electron chi connectivity index (χ2n) is 5.64.